The van der Waals surface area contributed by atoms with E-state index in [0.29, 0.717) is 31.9 Å². The molecule has 134 valence electrons. The Morgan fingerprint density at radius 3 is 2.62 bits per heavy atom. The van der Waals surface area contributed by atoms with Gasteiger partial charge in [-0.2, -0.15) is 0 Å². The fraction of sp³-hybridized carbons (Fsp3) is 0.647. The van der Waals surface area contributed by atoms with E-state index in [9.17, 15) is 9.59 Å². The van der Waals surface area contributed by atoms with Crippen LogP contribution in [0.1, 0.15) is 35.4 Å². The van der Waals surface area contributed by atoms with Crippen LogP contribution in [0.2, 0.25) is 0 Å². The van der Waals surface area contributed by atoms with Crippen LogP contribution in [-0.4, -0.2) is 51.7 Å². The van der Waals surface area contributed by atoms with Gasteiger partial charge in [0, 0.05) is 25.8 Å². The number of methoxy groups -OCH3 is 1. The van der Waals surface area contributed by atoms with E-state index in [4.69, 9.17) is 9.15 Å². The number of ether oxygens (including phenoxy) is 1. The molecular formula is C17H27N3O4. The second-order valence-electron chi connectivity index (χ2n) is 6.26. The minimum Gasteiger partial charge on any atom is -0.459 e. The summed E-state index contributed by atoms with van der Waals surface area (Å²) >= 11 is 0. The van der Waals surface area contributed by atoms with Gasteiger partial charge in [0.05, 0.1) is 18.3 Å². The molecule has 0 aromatic carbocycles. The van der Waals surface area contributed by atoms with Crippen molar-refractivity contribution in [3.05, 3.63) is 23.7 Å². The first-order chi connectivity index (χ1) is 11.6. The Bertz CT molecular complexity index is 544. The minimum atomic E-state index is -0.436. The zero-order valence-corrected chi connectivity index (χ0v) is 14.4. The van der Waals surface area contributed by atoms with Crippen LogP contribution < -0.4 is 16.0 Å². The van der Waals surface area contributed by atoms with Crippen molar-refractivity contribution in [2.75, 3.05) is 39.9 Å². The lowest BCUT2D eigenvalue weighted by Gasteiger charge is -2.35. The molecule has 1 fully saturated rings. The number of amides is 2. The first-order valence-corrected chi connectivity index (χ1v) is 8.39. The third-order valence-corrected chi connectivity index (χ3v) is 4.46. The van der Waals surface area contributed by atoms with Crippen LogP contribution in [0.25, 0.3) is 0 Å². The van der Waals surface area contributed by atoms with Gasteiger partial charge in [-0.15, -0.1) is 0 Å². The van der Waals surface area contributed by atoms with Crippen molar-refractivity contribution < 1.29 is 18.7 Å². The zero-order valence-electron chi connectivity index (χ0n) is 14.4. The van der Waals surface area contributed by atoms with E-state index in [-0.39, 0.29) is 11.8 Å². The van der Waals surface area contributed by atoms with Gasteiger partial charge in [-0.25, -0.2) is 0 Å². The summed E-state index contributed by atoms with van der Waals surface area (Å²) in [5.41, 5.74) is 0.377. The Morgan fingerprint density at radius 2 is 2.00 bits per heavy atom. The standard InChI is InChI=1S/C17H27N3O4/c1-13-4-11-24-14(13)15(21)19-7-3-8-20-16(22)17(12-23-2)5-9-18-10-6-17/h4,11,18H,3,5-10,12H2,1-2H3,(H,19,21)(H,20,22). The predicted molar refractivity (Wildman–Crippen MR) is 89.8 cm³/mol. The topological polar surface area (TPSA) is 92.6 Å². The molecule has 0 bridgehead atoms. The van der Waals surface area contributed by atoms with E-state index in [1.54, 1.807) is 13.2 Å². The number of nitrogens with one attached hydrogen (secondary N) is 3. The number of furan rings is 1. The molecule has 0 unspecified atom stereocenters. The molecule has 3 N–H and O–H groups in total. The molecule has 1 aliphatic rings. The molecule has 0 aliphatic carbocycles. The molecule has 1 aliphatic heterocycles. The maximum atomic E-state index is 12.5. The second-order valence-corrected chi connectivity index (χ2v) is 6.26. The molecule has 7 nitrogen and oxygen atoms in total. The summed E-state index contributed by atoms with van der Waals surface area (Å²) < 4.78 is 10.4. The van der Waals surface area contributed by atoms with Gasteiger partial charge in [0.25, 0.3) is 5.91 Å². The molecule has 0 atom stereocenters. The zero-order chi connectivity index (χ0) is 17.4. The van der Waals surface area contributed by atoms with Gasteiger partial charge in [-0.1, -0.05) is 0 Å². The number of hydrogen-bond acceptors (Lipinski definition) is 5. The Labute approximate surface area is 142 Å². The summed E-state index contributed by atoms with van der Waals surface area (Å²) in [7, 11) is 1.63. The van der Waals surface area contributed by atoms with Crippen LogP contribution in [0.3, 0.4) is 0 Å². The molecule has 1 aromatic heterocycles. The van der Waals surface area contributed by atoms with Crippen LogP contribution in [0.4, 0.5) is 0 Å². The molecule has 7 heteroatoms. The molecule has 2 rings (SSSR count). The van der Waals surface area contributed by atoms with Crippen LogP contribution in [0.15, 0.2) is 16.7 Å². The molecule has 2 heterocycles. The summed E-state index contributed by atoms with van der Waals surface area (Å²) in [6.45, 7) is 4.93. The quantitative estimate of drug-likeness (QED) is 0.611. The van der Waals surface area contributed by atoms with Gasteiger partial charge in [0.1, 0.15) is 0 Å². The van der Waals surface area contributed by atoms with Crippen molar-refractivity contribution >= 4 is 11.8 Å². The number of carbonyl (C=O) groups excluding carboxylic acids is 2. The lowest BCUT2D eigenvalue weighted by atomic mass is 9.78. The van der Waals surface area contributed by atoms with Crippen molar-refractivity contribution in [1.29, 1.82) is 0 Å². The van der Waals surface area contributed by atoms with E-state index in [1.807, 2.05) is 6.92 Å². The summed E-state index contributed by atoms with van der Waals surface area (Å²) in [5.74, 6) is 0.157. The Balaban J connectivity index is 1.70. The maximum absolute atomic E-state index is 12.5. The van der Waals surface area contributed by atoms with Gasteiger partial charge in [0.2, 0.25) is 5.91 Å². The highest BCUT2D eigenvalue weighted by molar-refractivity contribution is 5.92. The maximum Gasteiger partial charge on any atom is 0.287 e. The lowest BCUT2D eigenvalue weighted by molar-refractivity contribution is -0.136. The summed E-state index contributed by atoms with van der Waals surface area (Å²) in [6, 6.07) is 1.75. The largest absolute Gasteiger partial charge is 0.459 e. The van der Waals surface area contributed by atoms with Crippen molar-refractivity contribution in [1.82, 2.24) is 16.0 Å². The van der Waals surface area contributed by atoms with Crippen molar-refractivity contribution in [3.8, 4) is 0 Å². The SMILES string of the molecule is COCC1(C(=O)NCCCNC(=O)c2occc2C)CCNCC1. The third kappa shape index (κ3) is 4.58. The third-order valence-electron chi connectivity index (χ3n) is 4.46. The van der Waals surface area contributed by atoms with E-state index in [1.165, 1.54) is 6.26 Å². The first-order valence-electron chi connectivity index (χ1n) is 8.39. The summed E-state index contributed by atoms with van der Waals surface area (Å²) in [4.78, 5) is 24.4. The highest BCUT2D eigenvalue weighted by Gasteiger charge is 2.39. The van der Waals surface area contributed by atoms with Crippen LogP contribution in [0.5, 0.6) is 0 Å². The highest BCUT2D eigenvalue weighted by atomic mass is 16.5. The number of rotatable bonds is 8. The Kier molecular flexibility index (Phi) is 6.81. The number of piperidine rings is 1. The van der Waals surface area contributed by atoms with E-state index >= 15 is 0 Å². The average Bonchev–Trinajstić information content (AvgIpc) is 3.01. The van der Waals surface area contributed by atoms with E-state index in [2.05, 4.69) is 16.0 Å². The first kappa shape index (κ1) is 18.5. The van der Waals surface area contributed by atoms with Gasteiger partial charge in [0.15, 0.2) is 5.76 Å². The number of carbonyl (C=O) groups is 2. The van der Waals surface area contributed by atoms with Gasteiger partial charge < -0.3 is 25.1 Å². The highest BCUT2D eigenvalue weighted by Crippen LogP contribution is 2.29. The molecule has 1 aromatic rings. The van der Waals surface area contributed by atoms with Crippen molar-refractivity contribution in [2.24, 2.45) is 5.41 Å². The molecule has 2 amide bonds. The molecule has 1 saturated heterocycles. The Morgan fingerprint density at radius 1 is 1.29 bits per heavy atom. The molecular weight excluding hydrogens is 310 g/mol. The van der Waals surface area contributed by atoms with Crippen molar-refractivity contribution in [2.45, 2.75) is 26.2 Å². The number of aryl methyl sites for hydroxylation is 1. The fourth-order valence-corrected chi connectivity index (χ4v) is 2.98. The van der Waals surface area contributed by atoms with Crippen LogP contribution in [0, 0.1) is 12.3 Å². The molecule has 24 heavy (non-hydrogen) atoms. The Hall–Kier alpha value is -1.86. The molecule has 0 spiro atoms. The monoisotopic (exact) mass is 337 g/mol. The van der Waals surface area contributed by atoms with Gasteiger partial charge >= 0.3 is 0 Å². The van der Waals surface area contributed by atoms with Gasteiger partial charge in [-0.3, -0.25) is 9.59 Å². The minimum absolute atomic E-state index is 0.0408. The predicted octanol–water partition coefficient (Wildman–Crippen LogP) is 0.840. The lowest BCUT2D eigenvalue weighted by Crippen LogP contribution is -2.50. The second kappa shape index (κ2) is 8.84. The summed E-state index contributed by atoms with van der Waals surface area (Å²) in [5, 5.41) is 9.04. The normalized spacial score (nSPS) is 16.6. The number of hydrogen-bond donors (Lipinski definition) is 3. The molecule has 0 saturated carbocycles. The van der Waals surface area contributed by atoms with E-state index < -0.39 is 5.41 Å². The van der Waals surface area contributed by atoms with E-state index in [0.717, 1.165) is 31.5 Å². The van der Waals surface area contributed by atoms with Crippen LogP contribution in [-0.2, 0) is 9.53 Å². The smallest absolute Gasteiger partial charge is 0.287 e. The average molecular weight is 337 g/mol. The fourth-order valence-electron chi connectivity index (χ4n) is 2.98. The molecule has 0 radical (unpaired) electrons. The van der Waals surface area contributed by atoms with Crippen molar-refractivity contribution in [3.63, 3.8) is 0 Å². The summed E-state index contributed by atoms with van der Waals surface area (Å²) in [6.07, 6.45) is 3.72. The van der Waals surface area contributed by atoms with Crippen LogP contribution >= 0.6 is 0 Å². The van der Waals surface area contributed by atoms with Gasteiger partial charge in [-0.05, 0) is 45.3 Å².